The Hall–Kier alpha value is -1.24. The van der Waals surface area contributed by atoms with Gasteiger partial charge in [-0.05, 0) is 37.1 Å². The van der Waals surface area contributed by atoms with Crippen LogP contribution in [0.3, 0.4) is 0 Å². The largest absolute Gasteiger partial charge is 0.326 e. The van der Waals surface area contributed by atoms with E-state index in [4.69, 9.17) is 0 Å². The molecule has 3 rings (SSSR count). The molecule has 1 saturated carbocycles. The molecule has 0 spiro atoms. The number of nitrogens with one attached hydrogen (secondary N) is 3. The van der Waals surface area contributed by atoms with Gasteiger partial charge in [0.15, 0.2) is 0 Å². The van der Waals surface area contributed by atoms with Crippen LogP contribution < -0.4 is 16.0 Å². The maximum absolute atomic E-state index is 12.0. The van der Waals surface area contributed by atoms with Gasteiger partial charge in [0.05, 0.1) is 0 Å². The van der Waals surface area contributed by atoms with Crippen molar-refractivity contribution in [3.8, 4) is 0 Å². The van der Waals surface area contributed by atoms with Gasteiger partial charge >= 0.3 is 0 Å². The number of hydrogen-bond donors (Lipinski definition) is 3. The van der Waals surface area contributed by atoms with Gasteiger partial charge in [-0.3, -0.25) is 9.59 Å². The highest BCUT2D eigenvalue weighted by Gasteiger charge is 2.29. The van der Waals surface area contributed by atoms with Crippen molar-refractivity contribution in [2.45, 2.75) is 25.3 Å². The van der Waals surface area contributed by atoms with Crippen LogP contribution in [0.2, 0.25) is 0 Å². The quantitative estimate of drug-likeness (QED) is 0.759. The standard InChI is InChI=1S/C16H21N3O2S.ClH/c20-15(9-14-10-22-8-7-17-14)18-12-3-5-13(6-4-12)19-16(21)11-1-2-11;/h3-6,11,14,17H,1-2,7-10H2,(H,18,20)(H,19,21);1H. The Morgan fingerprint density at radius 1 is 1.13 bits per heavy atom. The monoisotopic (exact) mass is 355 g/mol. The molecule has 0 radical (unpaired) electrons. The minimum Gasteiger partial charge on any atom is -0.326 e. The van der Waals surface area contributed by atoms with E-state index < -0.39 is 0 Å². The van der Waals surface area contributed by atoms with Crippen molar-refractivity contribution in [1.82, 2.24) is 5.32 Å². The smallest absolute Gasteiger partial charge is 0.227 e. The van der Waals surface area contributed by atoms with Crippen molar-refractivity contribution < 1.29 is 9.59 Å². The third-order valence-electron chi connectivity index (χ3n) is 3.81. The Kier molecular flexibility index (Phi) is 6.74. The minimum absolute atomic E-state index is 0. The summed E-state index contributed by atoms with van der Waals surface area (Å²) in [5.74, 6) is 2.42. The first-order valence-corrected chi connectivity index (χ1v) is 8.88. The number of benzene rings is 1. The molecule has 3 N–H and O–H groups in total. The molecule has 1 atom stereocenters. The fourth-order valence-electron chi connectivity index (χ4n) is 2.41. The molecule has 1 aromatic carbocycles. The maximum atomic E-state index is 12.0. The van der Waals surface area contributed by atoms with E-state index in [1.54, 1.807) is 0 Å². The first-order chi connectivity index (χ1) is 10.7. The fourth-order valence-corrected chi connectivity index (χ4v) is 3.36. The van der Waals surface area contributed by atoms with E-state index in [9.17, 15) is 9.59 Å². The molecule has 7 heteroatoms. The van der Waals surface area contributed by atoms with E-state index in [1.165, 1.54) is 0 Å². The van der Waals surface area contributed by atoms with Gasteiger partial charge in [0.25, 0.3) is 0 Å². The molecule has 23 heavy (non-hydrogen) atoms. The minimum atomic E-state index is 0. The fraction of sp³-hybridized carbons (Fsp3) is 0.500. The molecule has 2 aliphatic rings. The van der Waals surface area contributed by atoms with Gasteiger partial charge in [-0.15, -0.1) is 12.4 Å². The number of carbonyl (C=O) groups is 2. The molecule has 2 fully saturated rings. The summed E-state index contributed by atoms with van der Waals surface area (Å²) in [4.78, 5) is 23.7. The SMILES string of the molecule is Cl.O=C(CC1CSCCN1)Nc1ccc(NC(=O)C2CC2)cc1. The Morgan fingerprint density at radius 3 is 2.35 bits per heavy atom. The lowest BCUT2D eigenvalue weighted by Crippen LogP contribution is -2.39. The Labute approximate surface area is 146 Å². The molecule has 1 saturated heterocycles. The van der Waals surface area contributed by atoms with Gasteiger partial charge < -0.3 is 16.0 Å². The Balaban J connectivity index is 0.00000192. The zero-order valence-electron chi connectivity index (χ0n) is 12.8. The third-order valence-corrected chi connectivity index (χ3v) is 4.95. The molecule has 2 amide bonds. The van der Waals surface area contributed by atoms with Crippen LogP contribution in [0.25, 0.3) is 0 Å². The Morgan fingerprint density at radius 2 is 1.78 bits per heavy atom. The molecule has 1 aliphatic carbocycles. The summed E-state index contributed by atoms with van der Waals surface area (Å²) in [5.41, 5.74) is 1.54. The van der Waals surface area contributed by atoms with Crippen LogP contribution in [0, 0.1) is 5.92 Å². The van der Waals surface area contributed by atoms with Crippen LogP contribution in [0.1, 0.15) is 19.3 Å². The normalized spacial score (nSPS) is 20.3. The molecule has 1 unspecified atom stereocenters. The lowest BCUT2D eigenvalue weighted by atomic mass is 10.2. The number of anilines is 2. The summed E-state index contributed by atoms with van der Waals surface area (Å²) in [6, 6.07) is 7.55. The number of hydrogen-bond acceptors (Lipinski definition) is 4. The number of amides is 2. The maximum Gasteiger partial charge on any atom is 0.227 e. The lowest BCUT2D eigenvalue weighted by molar-refractivity contribution is -0.117. The predicted molar refractivity (Wildman–Crippen MR) is 97.4 cm³/mol. The van der Waals surface area contributed by atoms with Gasteiger partial charge in [0.1, 0.15) is 0 Å². The highest BCUT2D eigenvalue weighted by molar-refractivity contribution is 7.99. The van der Waals surface area contributed by atoms with Gasteiger partial charge in [0.2, 0.25) is 11.8 Å². The summed E-state index contributed by atoms with van der Waals surface area (Å²) in [7, 11) is 0. The van der Waals surface area contributed by atoms with Gasteiger partial charge in [-0.1, -0.05) is 0 Å². The van der Waals surface area contributed by atoms with E-state index in [1.807, 2.05) is 36.0 Å². The molecule has 1 aromatic rings. The second kappa shape index (κ2) is 8.57. The zero-order valence-corrected chi connectivity index (χ0v) is 14.5. The van der Waals surface area contributed by atoms with Crippen LogP contribution in [0.4, 0.5) is 11.4 Å². The first-order valence-electron chi connectivity index (χ1n) is 7.72. The summed E-state index contributed by atoms with van der Waals surface area (Å²) in [6.07, 6.45) is 2.48. The van der Waals surface area contributed by atoms with E-state index in [0.717, 1.165) is 42.3 Å². The zero-order chi connectivity index (χ0) is 15.4. The van der Waals surface area contributed by atoms with E-state index in [0.29, 0.717) is 6.42 Å². The van der Waals surface area contributed by atoms with Gasteiger partial charge in [0, 0.05) is 47.8 Å². The second-order valence-electron chi connectivity index (χ2n) is 5.82. The number of thioether (sulfide) groups is 1. The van der Waals surface area contributed by atoms with Crippen LogP contribution in [-0.2, 0) is 9.59 Å². The molecule has 5 nitrogen and oxygen atoms in total. The van der Waals surface area contributed by atoms with Crippen LogP contribution >= 0.6 is 24.2 Å². The molecular formula is C16H22ClN3O2S. The van der Waals surface area contributed by atoms with Crippen molar-refractivity contribution in [3.05, 3.63) is 24.3 Å². The van der Waals surface area contributed by atoms with Crippen molar-refractivity contribution >= 4 is 47.4 Å². The van der Waals surface area contributed by atoms with E-state index >= 15 is 0 Å². The highest BCUT2D eigenvalue weighted by Crippen LogP contribution is 2.30. The van der Waals surface area contributed by atoms with Crippen molar-refractivity contribution in [3.63, 3.8) is 0 Å². The average molecular weight is 356 g/mol. The number of halogens is 1. The molecule has 1 aliphatic heterocycles. The first kappa shape index (κ1) is 18.1. The van der Waals surface area contributed by atoms with Crippen LogP contribution in [0.15, 0.2) is 24.3 Å². The summed E-state index contributed by atoms with van der Waals surface area (Å²) < 4.78 is 0. The molecule has 0 aromatic heterocycles. The summed E-state index contributed by atoms with van der Waals surface area (Å²) in [6.45, 7) is 0.970. The Bertz CT molecular complexity index is 543. The third kappa shape index (κ3) is 5.71. The molecular weight excluding hydrogens is 334 g/mol. The molecule has 1 heterocycles. The second-order valence-corrected chi connectivity index (χ2v) is 6.97. The average Bonchev–Trinajstić information content (AvgIpc) is 3.35. The highest BCUT2D eigenvalue weighted by atomic mass is 35.5. The summed E-state index contributed by atoms with van der Waals surface area (Å²) >= 11 is 1.88. The van der Waals surface area contributed by atoms with Crippen molar-refractivity contribution in [2.24, 2.45) is 5.92 Å². The topological polar surface area (TPSA) is 70.2 Å². The van der Waals surface area contributed by atoms with Gasteiger partial charge in [-0.2, -0.15) is 11.8 Å². The van der Waals surface area contributed by atoms with E-state index in [-0.39, 0.29) is 36.2 Å². The molecule has 0 bridgehead atoms. The number of rotatable bonds is 5. The predicted octanol–water partition coefficient (Wildman–Crippen LogP) is 2.49. The summed E-state index contributed by atoms with van der Waals surface area (Å²) in [5, 5.41) is 9.14. The lowest BCUT2D eigenvalue weighted by Gasteiger charge is -2.22. The van der Waals surface area contributed by atoms with Crippen molar-refractivity contribution in [2.75, 3.05) is 28.7 Å². The van der Waals surface area contributed by atoms with Gasteiger partial charge in [-0.25, -0.2) is 0 Å². The van der Waals surface area contributed by atoms with Crippen LogP contribution in [0.5, 0.6) is 0 Å². The number of carbonyl (C=O) groups excluding carboxylic acids is 2. The van der Waals surface area contributed by atoms with E-state index in [2.05, 4.69) is 16.0 Å². The van der Waals surface area contributed by atoms with Crippen LogP contribution in [-0.4, -0.2) is 35.9 Å². The molecule has 126 valence electrons. The van der Waals surface area contributed by atoms with Crippen molar-refractivity contribution in [1.29, 1.82) is 0 Å².